The molecule has 1 saturated heterocycles. The SMILES string of the molecule is C[C@@H]1NC(=O)CNC(=O)[C@H](CCCCN)NC(=O)[C@H](CS)NC(=O)[C@H](CS)NC1=O. The van der Waals surface area contributed by atoms with Crippen LogP contribution in [0.2, 0.25) is 0 Å². The first-order chi connectivity index (χ1) is 14.2. The molecule has 4 atom stereocenters. The van der Waals surface area contributed by atoms with Crippen molar-refractivity contribution in [3.05, 3.63) is 0 Å². The predicted molar refractivity (Wildman–Crippen MR) is 117 cm³/mol. The Morgan fingerprint density at radius 3 is 1.87 bits per heavy atom. The Hall–Kier alpha value is -1.99. The van der Waals surface area contributed by atoms with Gasteiger partial charge >= 0.3 is 0 Å². The van der Waals surface area contributed by atoms with E-state index in [2.05, 4.69) is 51.8 Å². The summed E-state index contributed by atoms with van der Waals surface area (Å²) in [6.07, 6.45) is 1.54. The van der Waals surface area contributed by atoms with E-state index in [4.69, 9.17) is 5.73 Å². The van der Waals surface area contributed by atoms with Crippen LogP contribution >= 0.6 is 25.3 Å². The number of carbonyl (C=O) groups excluding carboxylic acids is 5. The Labute approximate surface area is 186 Å². The van der Waals surface area contributed by atoms with E-state index >= 15 is 0 Å². The topological polar surface area (TPSA) is 172 Å². The fourth-order valence-corrected chi connectivity index (χ4v) is 3.15. The van der Waals surface area contributed by atoms with E-state index < -0.39 is 53.7 Å². The smallest absolute Gasteiger partial charge is 0.244 e. The van der Waals surface area contributed by atoms with Gasteiger partial charge in [-0.05, 0) is 32.7 Å². The standard InChI is InChI=1S/C17H30N6O5S2/c1-9-14(25)22-11(7-29)17(28)23-12(8-30)16(27)21-10(4-2-3-5-18)15(26)19-6-13(24)20-9/h9-12,29-30H,2-8,18H2,1H3,(H,19,26)(H,20,24)(H,21,27)(H,22,25)(H,23,28)/t9-,10-,11-,12-/m0/s1. The fraction of sp³-hybridized carbons (Fsp3) is 0.706. The first kappa shape index (κ1) is 26.0. The summed E-state index contributed by atoms with van der Waals surface area (Å²) >= 11 is 8.17. The highest BCUT2D eigenvalue weighted by molar-refractivity contribution is 7.80. The molecule has 11 nitrogen and oxygen atoms in total. The molecule has 13 heteroatoms. The minimum Gasteiger partial charge on any atom is -0.345 e. The number of carbonyl (C=O) groups is 5. The van der Waals surface area contributed by atoms with E-state index in [1.807, 2.05) is 0 Å². The van der Waals surface area contributed by atoms with Crippen LogP contribution < -0.4 is 32.3 Å². The predicted octanol–water partition coefficient (Wildman–Crippen LogP) is -2.94. The zero-order valence-corrected chi connectivity index (χ0v) is 18.6. The summed E-state index contributed by atoms with van der Waals surface area (Å²) in [6, 6.07) is -3.93. The number of thiol groups is 2. The minimum absolute atomic E-state index is 0.0269. The maximum Gasteiger partial charge on any atom is 0.244 e. The average Bonchev–Trinajstić information content (AvgIpc) is 2.72. The van der Waals surface area contributed by atoms with Gasteiger partial charge in [0.05, 0.1) is 6.54 Å². The summed E-state index contributed by atoms with van der Waals surface area (Å²) < 4.78 is 0. The fourth-order valence-electron chi connectivity index (χ4n) is 2.64. The van der Waals surface area contributed by atoms with Crippen molar-refractivity contribution in [2.24, 2.45) is 5.73 Å². The number of unbranched alkanes of at least 4 members (excludes halogenated alkanes) is 1. The molecule has 7 N–H and O–H groups in total. The molecule has 30 heavy (non-hydrogen) atoms. The highest BCUT2D eigenvalue weighted by atomic mass is 32.1. The normalized spacial score (nSPS) is 27.0. The molecule has 0 radical (unpaired) electrons. The van der Waals surface area contributed by atoms with E-state index in [1.54, 1.807) is 0 Å². The van der Waals surface area contributed by atoms with Crippen LogP contribution in [0.3, 0.4) is 0 Å². The van der Waals surface area contributed by atoms with Crippen LogP contribution in [0.4, 0.5) is 0 Å². The molecule has 5 amide bonds. The molecule has 0 aromatic heterocycles. The maximum atomic E-state index is 12.6. The molecule has 170 valence electrons. The van der Waals surface area contributed by atoms with Crippen molar-refractivity contribution in [1.29, 1.82) is 0 Å². The Kier molecular flexibility index (Phi) is 11.6. The molecule has 0 saturated carbocycles. The second-order valence-electron chi connectivity index (χ2n) is 6.84. The molecular weight excluding hydrogens is 432 g/mol. The molecule has 1 rings (SSSR count). The number of hydrogen-bond acceptors (Lipinski definition) is 8. The number of nitrogens with one attached hydrogen (secondary N) is 5. The molecule has 1 aliphatic heterocycles. The molecule has 0 spiro atoms. The van der Waals surface area contributed by atoms with E-state index in [-0.39, 0.29) is 18.1 Å². The minimum atomic E-state index is -1.03. The summed E-state index contributed by atoms with van der Waals surface area (Å²) in [4.78, 5) is 62.0. The van der Waals surface area contributed by atoms with Gasteiger partial charge in [-0.15, -0.1) is 0 Å². The van der Waals surface area contributed by atoms with Gasteiger partial charge in [-0.2, -0.15) is 25.3 Å². The maximum absolute atomic E-state index is 12.6. The van der Waals surface area contributed by atoms with Gasteiger partial charge in [0.25, 0.3) is 0 Å². The highest BCUT2D eigenvalue weighted by Crippen LogP contribution is 2.03. The Balaban J connectivity index is 3.09. The summed E-state index contributed by atoms with van der Waals surface area (Å²) in [6.45, 7) is 1.50. The van der Waals surface area contributed by atoms with E-state index in [0.717, 1.165) is 0 Å². The second kappa shape index (κ2) is 13.3. The number of hydrogen-bond donors (Lipinski definition) is 8. The lowest BCUT2D eigenvalue weighted by atomic mass is 10.1. The van der Waals surface area contributed by atoms with Crippen LogP contribution in [0.25, 0.3) is 0 Å². The van der Waals surface area contributed by atoms with Crippen LogP contribution in [-0.4, -0.2) is 78.3 Å². The summed E-state index contributed by atoms with van der Waals surface area (Å²) in [5.41, 5.74) is 5.48. The average molecular weight is 463 g/mol. The van der Waals surface area contributed by atoms with Crippen molar-refractivity contribution in [2.75, 3.05) is 24.6 Å². The zero-order chi connectivity index (χ0) is 22.7. The van der Waals surface area contributed by atoms with Crippen molar-refractivity contribution >= 4 is 54.8 Å². The number of amides is 5. The van der Waals surface area contributed by atoms with E-state index in [1.165, 1.54) is 6.92 Å². The van der Waals surface area contributed by atoms with Crippen LogP contribution in [0.15, 0.2) is 0 Å². The quantitative estimate of drug-likeness (QED) is 0.155. The third-order valence-electron chi connectivity index (χ3n) is 4.40. The molecular formula is C17H30N6O5S2. The second-order valence-corrected chi connectivity index (χ2v) is 7.57. The van der Waals surface area contributed by atoms with Gasteiger partial charge in [-0.25, -0.2) is 0 Å². The molecule has 1 fully saturated rings. The Morgan fingerprint density at radius 1 is 0.800 bits per heavy atom. The van der Waals surface area contributed by atoms with Gasteiger partial charge in [0.1, 0.15) is 24.2 Å². The van der Waals surface area contributed by atoms with Crippen molar-refractivity contribution in [3.63, 3.8) is 0 Å². The largest absolute Gasteiger partial charge is 0.345 e. The van der Waals surface area contributed by atoms with Crippen molar-refractivity contribution in [3.8, 4) is 0 Å². The van der Waals surface area contributed by atoms with Crippen LogP contribution in [0.1, 0.15) is 26.2 Å². The number of nitrogens with two attached hydrogens (primary N) is 1. The van der Waals surface area contributed by atoms with Crippen molar-refractivity contribution in [1.82, 2.24) is 26.6 Å². The molecule has 0 bridgehead atoms. The Morgan fingerprint density at radius 2 is 1.33 bits per heavy atom. The van der Waals surface area contributed by atoms with Crippen LogP contribution in [-0.2, 0) is 24.0 Å². The van der Waals surface area contributed by atoms with Gasteiger partial charge < -0.3 is 32.3 Å². The summed E-state index contributed by atoms with van der Waals surface area (Å²) in [7, 11) is 0. The number of rotatable bonds is 6. The lowest BCUT2D eigenvalue weighted by Gasteiger charge is -2.24. The summed E-state index contributed by atoms with van der Waals surface area (Å²) in [5.74, 6) is -3.05. The van der Waals surface area contributed by atoms with Gasteiger partial charge in [0.2, 0.25) is 29.5 Å². The third-order valence-corrected chi connectivity index (χ3v) is 5.14. The van der Waals surface area contributed by atoms with E-state index in [0.29, 0.717) is 25.8 Å². The molecule has 1 heterocycles. The molecule has 0 unspecified atom stereocenters. The molecule has 0 aromatic rings. The molecule has 0 aromatic carbocycles. The van der Waals surface area contributed by atoms with Crippen LogP contribution in [0.5, 0.6) is 0 Å². The lowest BCUT2D eigenvalue weighted by Crippen LogP contribution is -2.58. The highest BCUT2D eigenvalue weighted by Gasteiger charge is 2.30. The van der Waals surface area contributed by atoms with E-state index in [9.17, 15) is 24.0 Å². The van der Waals surface area contributed by atoms with Gasteiger partial charge in [-0.1, -0.05) is 0 Å². The zero-order valence-electron chi connectivity index (χ0n) is 16.8. The third kappa shape index (κ3) is 8.40. The first-order valence-electron chi connectivity index (χ1n) is 9.63. The van der Waals surface area contributed by atoms with Gasteiger partial charge in [0, 0.05) is 11.5 Å². The molecule has 0 aliphatic carbocycles. The van der Waals surface area contributed by atoms with Crippen molar-refractivity contribution < 1.29 is 24.0 Å². The van der Waals surface area contributed by atoms with Gasteiger partial charge in [-0.3, -0.25) is 24.0 Å². The first-order valence-corrected chi connectivity index (χ1v) is 10.9. The summed E-state index contributed by atoms with van der Waals surface area (Å²) in [5, 5.41) is 12.4. The molecule has 1 aliphatic rings. The Bertz CT molecular complexity index is 650. The van der Waals surface area contributed by atoms with Crippen LogP contribution in [0, 0.1) is 0 Å². The van der Waals surface area contributed by atoms with Crippen molar-refractivity contribution in [2.45, 2.75) is 50.4 Å². The van der Waals surface area contributed by atoms with Gasteiger partial charge in [0.15, 0.2) is 0 Å². The lowest BCUT2D eigenvalue weighted by molar-refractivity contribution is -0.133. The monoisotopic (exact) mass is 462 g/mol.